The first-order valence-electron chi connectivity index (χ1n) is 7.02. The van der Waals surface area contributed by atoms with Gasteiger partial charge in [-0.2, -0.15) is 22.5 Å². The largest absolute Gasteiger partial charge is 0.456 e. The third kappa shape index (κ3) is 5.19. The maximum atomic E-state index is 12.4. The number of aromatic nitrogens is 2. The van der Waals surface area contributed by atoms with Gasteiger partial charge in [-0.05, 0) is 38.5 Å². The number of halogens is 3. The summed E-state index contributed by atoms with van der Waals surface area (Å²) < 4.78 is 45.7. The molecule has 0 bridgehead atoms. The number of hydrogen-bond acceptors (Lipinski definition) is 6. The third-order valence-electron chi connectivity index (χ3n) is 2.71. The Morgan fingerprint density at radius 3 is 2.33 bits per heavy atom. The number of alkyl halides is 3. The second-order valence-electron chi connectivity index (χ2n) is 5.97. The predicted molar refractivity (Wildman–Crippen MR) is 83.8 cm³/mol. The Morgan fingerprint density at radius 1 is 1.21 bits per heavy atom. The van der Waals surface area contributed by atoms with Crippen LogP contribution in [0.5, 0.6) is 0 Å². The Balaban J connectivity index is 1.95. The van der Waals surface area contributed by atoms with Crippen molar-refractivity contribution in [1.29, 1.82) is 0 Å². The number of carbonyl (C=O) groups is 1. The molecule has 0 aliphatic heterocycles. The second kappa shape index (κ2) is 6.76. The molecule has 0 aliphatic rings. The first-order valence-corrected chi connectivity index (χ1v) is 7.79. The van der Waals surface area contributed by atoms with E-state index in [0.29, 0.717) is 17.1 Å². The predicted octanol–water partition coefficient (Wildman–Crippen LogP) is 4.12. The highest BCUT2D eigenvalue weighted by Gasteiger charge is 2.36. The van der Waals surface area contributed by atoms with Crippen LogP contribution < -0.4 is 5.32 Å². The molecule has 130 valence electrons. The summed E-state index contributed by atoms with van der Waals surface area (Å²) in [5, 5.41) is 2.85. The molecule has 0 saturated heterocycles. The molecule has 9 heteroatoms. The van der Waals surface area contributed by atoms with Crippen LogP contribution in [0.4, 0.5) is 18.3 Å². The highest BCUT2D eigenvalue weighted by atomic mass is 32.1. The van der Waals surface area contributed by atoms with Crippen LogP contribution in [-0.2, 0) is 17.5 Å². The zero-order chi connectivity index (χ0) is 18.0. The van der Waals surface area contributed by atoms with Crippen molar-refractivity contribution in [1.82, 2.24) is 9.36 Å². The van der Waals surface area contributed by atoms with E-state index >= 15 is 0 Å². The van der Waals surface area contributed by atoms with Crippen LogP contribution in [0.25, 0.3) is 0 Å². The number of nitrogens with zero attached hydrogens (tertiary/aromatic N) is 2. The number of ether oxygens (including phenoxy) is 1. The van der Waals surface area contributed by atoms with E-state index < -0.39 is 23.6 Å². The minimum absolute atomic E-state index is 0.0820. The first-order chi connectivity index (χ1) is 11.0. The van der Waals surface area contributed by atoms with E-state index in [1.54, 1.807) is 45.0 Å². The summed E-state index contributed by atoms with van der Waals surface area (Å²) in [4.78, 5) is 15.3. The molecule has 0 aliphatic carbocycles. The van der Waals surface area contributed by atoms with Gasteiger partial charge in [-0.25, -0.2) is 4.79 Å². The molecule has 1 N–H and O–H groups in total. The number of nitrogens with one attached hydrogen (secondary N) is 1. The number of hydrogen-bond donors (Lipinski definition) is 1. The molecule has 2 rings (SSSR count). The van der Waals surface area contributed by atoms with Gasteiger partial charge in [0.25, 0.3) is 0 Å². The Hall–Kier alpha value is -2.16. The summed E-state index contributed by atoms with van der Waals surface area (Å²) in [6, 6.07) is 6.59. The Labute approximate surface area is 141 Å². The van der Waals surface area contributed by atoms with Gasteiger partial charge in [0.2, 0.25) is 11.0 Å². The summed E-state index contributed by atoms with van der Waals surface area (Å²) in [6.45, 7) is 5.60. The Morgan fingerprint density at radius 2 is 1.83 bits per heavy atom. The highest BCUT2D eigenvalue weighted by Crippen LogP contribution is 2.29. The van der Waals surface area contributed by atoms with Crippen LogP contribution in [0.2, 0.25) is 0 Å². The van der Waals surface area contributed by atoms with E-state index in [1.165, 1.54) is 0 Å². The number of rotatable bonds is 4. The molecule has 1 aromatic carbocycles. The molecule has 24 heavy (non-hydrogen) atoms. The molecule has 0 fully saturated rings. The lowest BCUT2D eigenvalue weighted by Gasteiger charge is -2.19. The van der Waals surface area contributed by atoms with Crippen molar-refractivity contribution in [2.45, 2.75) is 39.1 Å². The molecule has 2 aromatic rings. The third-order valence-corrected chi connectivity index (χ3v) is 3.38. The number of benzene rings is 1. The monoisotopic (exact) mass is 359 g/mol. The van der Waals surface area contributed by atoms with E-state index in [4.69, 9.17) is 4.74 Å². The van der Waals surface area contributed by atoms with Gasteiger partial charge in [-0.3, -0.25) is 0 Å². The van der Waals surface area contributed by atoms with Crippen molar-refractivity contribution in [3.05, 3.63) is 41.2 Å². The van der Waals surface area contributed by atoms with Crippen LogP contribution in [0, 0.1) is 0 Å². The molecule has 0 saturated carbocycles. The minimum atomic E-state index is -4.55. The lowest BCUT2D eigenvalue weighted by molar-refractivity contribution is -0.144. The topological polar surface area (TPSA) is 64.1 Å². The highest BCUT2D eigenvalue weighted by molar-refractivity contribution is 7.09. The van der Waals surface area contributed by atoms with Crippen LogP contribution in [0.1, 0.15) is 42.5 Å². The maximum absolute atomic E-state index is 12.4. The van der Waals surface area contributed by atoms with Crippen LogP contribution in [-0.4, -0.2) is 20.9 Å². The lowest BCUT2D eigenvalue weighted by Crippen LogP contribution is -2.23. The van der Waals surface area contributed by atoms with E-state index in [1.807, 2.05) is 0 Å². The fraction of sp³-hybridized carbons (Fsp3) is 0.400. The molecule has 5 nitrogen and oxygen atoms in total. The van der Waals surface area contributed by atoms with Crippen molar-refractivity contribution in [3.8, 4) is 0 Å². The van der Waals surface area contributed by atoms with Crippen molar-refractivity contribution in [2.75, 3.05) is 5.32 Å². The van der Waals surface area contributed by atoms with Gasteiger partial charge < -0.3 is 10.1 Å². The first kappa shape index (κ1) is 18.2. The molecule has 0 unspecified atom stereocenters. The van der Waals surface area contributed by atoms with Crippen molar-refractivity contribution >= 4 is 22.6 Å². The molecule has 1 aromatic heterocycles. The van der Waals surface area contributed by atoms with Gasteiger partial charge in [0.15, 0.2) is 0 Å². The van der Waals surface area contributed by atoms with Gasteiger partial charge in [-0.1, -0.05) is 12.1 Å². The van der Waals surface area contributed by atoms with Crippen LogP contribution in [0.3, 0.4) is 0 Å². The smallest absolute Gasteiger partial charge is 0.452 e. The molecular weight excluding hydrogens is 343 g/mol. The minimum Gasteiger partial charge on any atom is -0.456 e. The quantitative estimate of drug-likeness (QED) is 0.832. The van der Waals surface area contributed by atoms with E-state index in [9.17, 15) is 18.0 Å². The Kier molecular flexibility index (Phi) is 5.12. The maximum Gasteiger partial charge on any atom is 0.452 e. The second-order valence-corrected chi connectivity index (χ2v) is 6.73. The van der Waals surface area contributed by atoms with Gasteiger partial charge in [0.05, 0.1) is 5.56 Å². The fourth-order valence-corrected chi connectivity index (χ4v) is 2.27. The van der Waals surface area contributed by atoms with E-state index in [0.717, 1.165) is 5.56 Å². The SMILES string of the molecule is CC(C)(C)OC(=O)c1ccc(CNc2nc(C(F)(F)F)ns2)cc1. The zero-order valence-electron chi connectivity index (χ0n) is 13.3. The Bertz CT molecular complexity index is 706. The average molecular weight is 359 g/mol. The summed E-state index contributed by atoms with van der Waals surface area (Å²) in [5.74, 6) is -1.59. The van der Waals surface area contributed by atoms with Crippen molar-refractivity contribution in [3.63, 3.8) is 0 Å². The summed E-state index contributed by atoms with van der Waals surface area (Å²) in [5.41, 5.74) is 0.612. The molecule has 0 radical (unpaired) electrons. The molecular formula is C15H16F3N3O2S. The van der Waals surface area contributed by atoms with Crippen molar-refractivity contribution < 1.29 is 22.7 Å². The molecule has 0 spiro atoms. The molecule has 0 atom stereocenters. The fourth-order valence-electron chi connectivity index (χ4n) is 1.68. The van der Waals surface area contributed by atoms with Gasteiger partial charge in [0, 0.05) is 18.1 Å². The zero-order valence-corrected chi connectivity index (χ0v) is 14.1. The van der Waals surface area contributed by atoms with Crippen molar-refractivity contribution in [2.24, 2.45) is 0 Å². The molecule has 0 amide bonds. The van der Waals surface area contributed by atoms with Gasteiger partial charge >= 0.3 is 12.1 Å². The van der Waals surface area contributed by atoms with E-state index in [-0.39, 0.29) is 11.7 Å². The average Bonchev–Trinajstić information content (AvgIpc) is 2.93. The van der Waals surface area contributed by atoms with E-state index in [2.05, 4.69) is 14.7 Å². The van der Waals surface area contributed by atoms with Gasteiger partial charge in [-0.15, -0.1) is 0 Å². The number of esters is 1. The molecule has 1 heterocycles. The summed E-state index contributed by atoms with van der Waals surface area (Å²) in [6.07, 6.45) is -4.55. The summed E-state index contributed by atoms with van der Waals surface area (Å²) >= 11 is 0.644. The van der Waals surface area contributed by atoms with Crippen LogP contribution >= 0.6 is 11.5 Å². The van der Waals surface area contributed by atoms with Gasteiger partial charge in [0.1, 0.15) is 5.60 Å². The standard InChI is InChI=1S/C15H16F3N3O2S/c1-14(2,3)23-11(22)10-6-4-9(5-7-10)8-19-13-20-12(21-24-13)15(16,17)18/h4-7H,8H2,1-3H3,(H,19,20,21). The number of carbonyl (C=O) groups excluding carboxylic acids is 1. The van der Waals surface area contributed by atoms with Crippen LogP contribution in [0.15, 0.2) is 24.3 Å². The normalized spacial score (nSPS) is 12.1. The lowest BCUT2D eigenvalue weighted by atomic mass is 10.1. The summed E-state index contributed by atoms with van der Waals surface area (Å²) in [7, 11) is 0. The number of anilines is 1.